The van der Waals surface area contributed by atoms with Crippen LogP contribution in [0.5, 0.6) is 0 Å². The van der Waals surface area contributed by atoms with Gasteiger partial charge in [0.15, 0.2) is 16.2 Å². The average Bonchev–Trinajstić information content (AvgIpc) is 2.74. The molecule has 0 aromatic heterocycles. The van der Waals surface area contributed by atoms with Gasteiger partial charge in [-0.05, 0) is 35.4 Å². The Bertz CT molecular complexity index is 1890. The number of hydrogen-bond donors (Lipinski definition) is 2. The van der Waals surface area contributed by atoms with Gasteiger partial charge in [-0.3, -0.25) is 5.41 Å². The van der Waals surface area contributed by atoms with Gasteiger partial charge in [-0.25, -0.2) is 16.8 Å². The van der Waals surface area contributed by atoms with Crippen LogP contribution in [0.1, 0.15) is 20.7 Å². The van der Waals surface area contributed by atoms with Gasteiger partial charge >= 0.3 is 56.6 Å². The van der Waals surface area contributed by atoms with Crippen molar-refractivity contribution >= 4 is 48.8 Å². The minimum Gasteiger partial charge on any atom is -0.744 e. The van der Waals surface area contributed by atoms with Gasteiger partial charge in [0.25, 0.3) is 0 Å². The zero-order valence-electron chi connectivity index (χ0n) is 20.5. The van der Waals surface area contributed by atoms with E-state index in [9.17, 15) is 45.7 Å². The number of nitrogens with two attached hydrogens (primary N) is 2. The van der Waals surface area contributed by atoms with Gasteiger partial charge in [-0.15, -0.1) is 0 Å². The Morgan fingerprint density at radius 3 is 1.87 bits per heavy atom. The fourth-order valence-electron chi connectivity index (χ4n) is 3.86. The number of aromatic carboxylic acids is 2. The zero-order chi connectivity index (χ0) is 26.7. The summed E-state index contributed by atoms with van der Waals surface area (Å²) in [6.45, 7) is 0. The third-order valence-electron chi connectivity index (χ3n) is 5.27. The van der Waals surface area contributed by atoms with Crippen molar-refractivity contribution in [3.63, 3.8) is 0 Å². The molecule has 0 saturated carbocycles. The summed E-state index contributed by atoms with van der Waals surface area (Å²) in [7, 11) is -10.7. The molecule has 1 aliphatic carbocycles. The number of fused-ring (bicyclic) bond motifs is 2. The van der Waals surface area contributed by atoms with E-state index in [0.29, 0.717) is 6.07 Å². The largest absolute Gasteiger partial charge is 1.00 e. The number of anilines is 1. The summed E-state index contributed by atoms with van der Waals surface area (Å²) in [5, 5.41) is 28.0. The van der Waals surface area contributed by atoms with Gasteiger partial charge in [-0.2, -0.15) is 0 Å². The summed E-state index contributed by atoms with van der Waals surface area (Å²) >= 11 is 0. The van der Waals surface area contributed by atoms with Crippen molar-refractivity contribution in [1.82, 2.24) is 0 Å². The van der Waals surface area contributed by atoms with Gasteiger partial charge in [-0.1, -0.05) is 12.1 Å². The third kappa shape index (κ3) is 6.14. The van der Waals surface area contributed by atoms with Crippen LogP contribution in [-0.2, 0) is 20.2 Å². The van der Waals surface area contributed by atoms with Gasteiger partial charge in [0.1, 0.15) is 25.1 Å². The average molecular weight is 552 g/mol. The van der Waals surface area contributed by atoms with Crippen molar-refractivity contribution in [3.8, 4) is 22.5 Å². The van der Waals surface area contributed by atoms with Crippen LogP contribution < -0.4 is 83.3 Å². The molecule has 0 spiro atoms. The number of carbonyl (C=O) groups excluding carboxylic acids is 2. The van der Waals surface area contributed by atoms with Crippen LogP contribution >= 0.6 is 0 Å². The molecule has 0 bridgehead atoms. The van der Waals surface area contributed by atoms with Crippen LogP contribution in [0, 0.1) is 0 Å². The van der Waals surface area contributed by atoms with Gasteiger partial charge < -0.3 is 39.1 Å². The Morgan fingerprint density at radius 2 is 1.36 bits per heavy atom. The smallest absolute Gasteiger partial charge is 0.744 e. The predicted octanol–water partition coefficient (Wildman–Crippen LogP) is -12.0. The Balaban J connectivity index is 0.00000253. The molecule has 18 heteroatoms. The molecule has 0 radical (unpaired) electrons. The van der Waals surface area contributed by atoms with E-state index in [-0.39, 0.29) is 78.7 Å². The molecular weight excluding hydrogens is 541 g/mol. The molecule has 2 aromatic carbocycles. The van der Waals surface area contributed by atoms with Crippen LogP contribution in [-0.4, -0.2) is 37.9 Å². The minimum atomic E-state index is -5.37. The number of hydrogen-bond acceptors (Lipinski definition) is 12. The monoisotopic (exact) mass is 552 g/mol. The Hall–Kier alpha value is -2.52. The van der Waals surface area contributed by atoms with E-state index < -0.39 is 75.5 Å². The standard InChI is InChI=1S/C21H14N2O11S2.3Li/c22-13-5-3-10-15(9-2-1-8(20(24)25)7-12(9)21(26)27)11-4-6-14(23)19(36(31,32)33)17(11)34-16(10)18(13)35(28,29)30;;;/h1-7,22H,23H2,(H,24,25)(H,26,27)(H,28,29,30)(H,31,32,33);;;/q;3*+1/p-3. The maximum atomic E-state index is 12.0. The van der Waals surface area contributed by atoms with E-state index in [1.165, 1.54) is 0 Å². The number of benzene rings is 3. The molecule has 0 amide bonds. The van der Waals surface area contributed by atoms with E-state index in [1.54, 1.807) is 0 Å². The van der Waals surface area contributed by atoms with Crippen LogP contribution in [0.3, 0.4) is 0 Å². The molecule has 0 unspecified atom stereocenters. The van der Waals surface area contributed by atoms with E-state index >= 15 is 0 Å². The first-order chi connectivity index (χ1) is 16.6. The van der Waals surface area contributed by atoms with Crippen LogP contribution in [0.15, 0.2) is 56.7 Å². The second kappa shape index (κ2) is 11.9. The molecule has 4 N–H and O–H groups in total. The van der Waals surface area contributed by atoms with Gasteiger partial charge in [0, 0.05) is 28.1 Å². The van der Waals surface area contributed by atoms with Crippen molar-refractivity contribution in [2.75, 3.05) is 5.73 Å². The maximum Gasteiger partial charge on any atom is 1.00 e. The van der Waals surface area contributed by atoms with Crippen molar-refractivity contribution < 1.29 is 112 Å². The molecular formula is C21H11Li3N2O11S2. The first-order valence-corrected chi connectivity index (χ1v) is 12.3. The maximum absolute atomic E-state index is 12.0. The summed E-state index contributed by atoms with van der Waals surface area (Å²) in [5.41, 5.74) is 2.22. The van der Waals surface area contributed by atoms with Gasteiger partial charge in [0.05, 0.1) is 17.6 Å². The number of carboxylic acid groups (broad SMARTS) is 2. The molecule has 2 aromatic rings. The van der Waals surface area contributed by atoms with Crippen LogP contribution in [0.25, 0.3) is 33.4 Å². The summed E-state index contributed by atoms with van der Waals surface area (Å²) in [6.07, 6.45) is 0. The van der Waals surface area contributed by atoms with E-state index in [0.717, 1.165) is 36.4 Å². The Labute approximate surface area is 256 Å². The topological polar surface area (TPSA) is 259 Å². The summed E-state index contributed by atoms with van der Waals surface area (Å²) in [6, 6.07) is 7.00. The van der Waals surface area contributed by atoms with Gasteiger partial charge in [0.2, 0.25) is 5.36 Å². The quantitative estimate of drug-likeness (QED) is 0.101. The zero-order valence-corrected chi connectivity index (χ0v) is 22.1. The summed E-state index contributed by atoms with van der Waals surface area (Å²) < 4.78 is 77.6. The molecule has 39 heavy (non-hydrogen) atoms. The van der Waals surface area contributed by atoms with E-state index in [1.807, 2.05) is 0 Å². The van der Waals surface area contributed by atoms with Crippen molar-refractivity contribution in [2.45, 2.75) is 9.79 Å². The SMILES string of the molecule is Nc1ccc2c(-c3ccc(C(=O)[O-])cc3C(=O)[O-])c3ccc(=[NH2+])c(S(=O)(=O)[O-])c-3oc2c1S(=O)(=O)[O-].[Li+].[Li+].[Li+]. The molecule has 13 nitrogen and oxygen atoms in total. The molecule has 0 atom stereocenters. The third-order valence-corrected chi connectivity index (χ3v) is 7.11. The molecule has 2 aliphatic rings. The number of carboxylic acids is 2. The Kier molecular flexibility index (Phi) is 10.6. The molecule has 4 rings (SSSR count). The fourth-order valence-corrected chi connectivity index (χ4v) is 5.33. The molecule has 0 fully saturated rings. The normalized spacial score (nSPS) is 11.2. The Morgan fingerprint density at radius 1 is 0.795 bits per heavy atom. The molecule has 0 saturated heterocycles. The fraction of sp³-hybridized carbons (Fsp3) is 0. The molecule has 186 valence electrons. The summed E-state index contributed by atoms with van der Waals surface area (Å²) in [4.78, 5) is 21.0. The van der Waals surface area contributed by atoms with E-state index in [4.69, 9.17) is 15.6 Å². The number of nitrogen functional groups attached to an aromatic ring is 1. The van der Waals surface area contributed by atoms with Crippen molar-refractivity contribution in [3.05, 3.63) is 58.9 Å². The predicted molar refractivity (Wildman–Crippen MR) is 112 cm³/mol. The second-order valence-electron chi connectivity index (χ2n) is 7.44. The molecule has 1 heterocycles. The summed E-state index contributed by atoms with van der Waals surface area (Å²) in [5.74, 6) is -4.38. The molecule has 1 aliphatic heterocycles. The first kappa shape index (κ1) is 34.5. The van der Waals surface area contributed by atoms with Crippen LogP contribution in [0.4, 0.5) is 5.69 Å². The number of rotatable bonds is 5. The van der Waals surface area contributed by atoms with Crippen molar-refractivity contribution in [1.29, 1.82) is 0 Å². The minimum absolute atomic E-state index is 0. The van der Waals surface area contributed by atoms with Crippen molar-refractivity contribution in [2.24, 2.45) is 0 Å². The van der Waals surface area contributed by atoms with Crippen LogP contribution in [0.2, 0.25) is 0 Å². The first-order valence-electron chi connectivity index (χ1n) is 9.52. The second-order valence-corrected chi connectivity index (χ2v) is 10.1. The van der Waals surface area contributed by atoms with E-state index in [2.05, 4.69) is 0 Å². The number of carbonyl (C=O) groups is 2.